The highest BCUT2D eigenvalue weighted by atomic mass is 19.1. The monoisotopic (exact) mass is 373 g/mol. The van der Waals surface area contributed by atoms with Gasteiger partial charge in [-0.1, -0.05) is 6.07 Å². The minimum Gasteiger partial charge on any atom is -0.353 e. The largest absolute Gasteiger partial charge is 0.353 e. The van der Waals surface area contributed by atoms with Crippen molar-refractivity contribution >= 4 is 5.96 Å². The van der Waals surface area contributed by atoms with E-state index in [1.54, 1.807) is 7.05 Å². The lowest BCUT2D eigenvalue weighted by atomic mass is 10.0. The second kappa shape index (κ2) is 7.29. The van der Waals surface area contributed by atoms with Crippen LogP contribution in [0.5, 0.6) is 0 Å². The average Bonchev–Trinajstić information content (AvgIpc) is 3.01. The maximum atomic E-state index is 14.0. The number of aliphatic imine (C=N–C) groups is 1. The number of guanidine groups is 1. The fourth-order valence-electron chi connectivity index (χ4n) is 4.10. The van der Waals surface area contributed by atoms with Crippen LogP contribution >= 0.6 is 0 Å². The fraction of sp³-hybridized carbons (Fsp3) is 0.500. The fourth-order valence-corrected chi connectivity index (χ4v) is 4.10. The van der Waals surface area contributed by atoms with Gasteiger partial charge in [0.1, 0.15) is 11.6 Å². The number of aryl methyl sites for hydroxylation is 1. The first-order chi connectivity index (χ1) is 13.0. The number of nitrogens with zero attached hydrogens (tertiary/aromatic N) is 4. The molecule has 27 heavy (non-hydrogen) atoms. The van der Waals surface area contributed by atoms with Crippen LogP contribution in [0.15, 0.2) is 35.6 Å². The van der Waals surface area contributed by atoms with Gasteiger partial charge in [0.15, 0.2) is 5.96 Å². The van der Waals surface area contributed by atoms with Gasteiger partial charge in [0.25, 0.3) is 0 Å². The Hall–Kier alpha value is -2.44. The Morgan fingerprint density at radius 3 is 2.78 bits per heavy atom. The van der Waals surface area contributed by atoms with Gasteiger partial charge in [0, 0.05) is 50.9 Å². The van der Waals surface area contributed by atoms with E-state index in [2.05, 4.69) is 26.5 Å². The third-order valence-corrected chi connectivity index (χ3v) is 5.56. The van der Waals surface area contributed by atoms with E-state index >= 15 is 0 Å². The summed E-state index contributed by atoms with van der Waals surface area (Å²) in [6.07, 6.45) is 6.82. The van der Waals surface area contributed by atoms with Crippen LogP contribution in [0.25, 0.3) is 0 Å². The highest BCUT2D eigenvalue weighted by Gasteiger charge is 2.43. The Bertz CT molecular complexity index is 826. The first-order valence-electron chi connectivity index (χ1n) is 9.45. The van der Waals surface area contributed by atoms with Crippen molar-refractivity contribution in [1.82, 2.24) is 20.0 Å². The average molecular weight is 373 g/mol. The van der Waals surface area contributed by atoms with Crippen molar-refractivity contribution in [2.45, 2.75) is 31.2 Å². The first kappa shape index (κ1) is 17.9. The quantitative estimate of drug-likeness (QED) is 0.662. The van der Waals surface area contributed by atoms with E-state index < -0.39 is 11.6 Å². The van der Waals surface area contributed by atoms with Gasteiger partial charge < -0.3 is 10.2 Å². The Balaban J connectivity index is 1.34. The molecule has 144 valence electrons. The van der Waals surface area contributed by atoms with E-state index in [-0.39, 0.29) is 17.5 Å². The zero-order valence-electron chi connectivity index (χ0n) is 15.7. The van der Waals surface area contributed by atoms with Crippen LogP contribution in [0, 0.1) is 17.6 Å². The molecule has 3 atom stereocenters. The number of nitrogens with one attached hydrogen (secondary N) is 1. The summed E-state index contributed by atoms with van der Waals surface area (Å²) >= 11 is 0. The summed E-state index contributed by atoms with van der Waals surface area (Å²) in [5.74, 6) is 0.338. The summed E-state index contributed by atoms with van der Waals surface area (Å²) in [5.41, 5.74) is 1.45. The molecule has 3 unspecified atom stereocenters. The highest BCUT2D eigenvalue weighted by Crippen LogP contribution is 2.43. The smallest absolute Gasteiger partial charge is 0.193 e. The van der Waals surface area contributed by atoms with Crippen LogP contribution in [-0.4, -0.2) is 46.8 Å². The Kier molecular flexibility index (Phi) is 4.85. The topological polar surface area (TPSA) is 45.5 Å². The lowest BCUT2D eigenvalue weighted by Crippen LogP contribution is -2.41. The van der Waals surface area contributed by atoms with Gasteiger partial charge in [-0.25, -0.2) is 8.78 Å². The first-order valence-corrected chi connectivity index (χ1v) is 9.45. The maximum absolute atomic E-state index is 14.0. The van der Waals surface area contributed by atoms with Crippen LogP contribution in [0.2, 0.25) is 0 Å². The zero-order chi connectivity index (χ0) is 19.0. The molecule has 1 saturated carbocycles. The normalized spacial score (nSPS) is 25.1. The van der Waals surface area contributed by atoms with E-state index in [0.717, 1.165) is 38.3 Å². The second-order valence-electron chi connectivity index (χ2n) is 7.60. The predicted octanol–water partition coefficient (Wildman–Crippen LogP) is 2.69. The molecule has 0 bridgehead atoms. The molecule has 0 spiro atoms. The highest BCUT2D eigenvalue weighted by molar-refractivity contribution is 5.81. The van der Waals surface area contributed by atoms with Crippen molar-refractivity contribution in [3.05, 3.63) is 53.4 Å². The van der Waals surface area contributed by atoms with Gasteiger partial charge in [0.2, 0.25) is 0 Å². The summed E-state index contributed by atoms with van der Waals surface area (Å²) < 4.78 is 29.8. The van der Waals surface area contributed by atoms with E-state index in [9.17, 15) is 8.78 Å². The van der Waals surface area contributed by atoms with Crippen molar-refractivity contribution in [3.8, 4) is 0 Å². The van der Waals surface area contributed by atoms with E-state index in [4.69, 9.17) is 0 Å². The Morgan fingerprint density at radius 1 is 1.33 bits per heavy atom. The molecule has 1 N–H and O–H groups in total. The molecule has 7 heteroatoms. The standard InChI is InChI=1S/C20H25F2N5/c1-23-20(25-18-9-15(18)19-16(21)4-3-5-17(19)22)27-7-6-13(12-27)8-14-10-24-26(2)11-14/h3-5,10-11,13,15,18H,6-9,12H2,1-2H3,(H,23,25). The number of hydrogen-bond donors (Lipinski definition) is 1. The molecule has 1 aromatic carbocycles. The van der Waals surface area contributed by atoms with Crippen molar-refractivity contribution in [2.24, 2.45) is 18.0 Å². The summed E-state index contributed by atoms with van der Waals surface area (Å²) in [4.78, 5) is 6.64. The second-order valence-corrected chi connectivity index (χ2v) is 7.60. The number of aromatic nitrogens is 2. The molecule has 5 nitrogen and oxygen atoms in total. The molecule has 2 aliphatic rings. The molecular formula is C20H25F2N5. The molecule has 0 amide bonds. The van der Waals surface area contributed by atoms with Gasteiger partial charge in [-0.3, -0.25) is 9.67 Å². The summed E-state index contributed by atoms with van der Waals surface area (Å²) in [6, 6.07) is 4.09. The molecule has 1 aromatic heterocycles. The van der Waals surface area contributed by atoms with Gasteiger partial charge >= 0.3 is 0 Å². The zero-order valence-corrected chi connectivity index (χ0v) is 15.7. The van der Waals surface area contributed by atoms with Crippen molar-refractivity contribution < 1.29 is 8.78 Å². The van der Waals surface area contributed by atoms with Crippen LogP contribution in [0.1, 0.15) is 29.9 Å². The summed E-state index contributed by atoms with van der Waals surface area (Å²) in [7, 11) is 3.69. The van der Waals surface area contributed by atoms with Gasteiger partial charge in [-0.05, 0) is 42.9 Å². The summed E-state index contributed by atoms with van der Waals surface area (Å²) in [5, 5.41) is 7.63. The number of likely N-dealkylation sites (tertiary alicyclic amines) is 1. The number of hydrogen-bond acceptors (Lipinski definition) is 2. The van der Waals surface area contributed by atoms with Gasteiger partial charge in [-0.15, -0.1) is 0 Å². The number of benzene rings is 1. The third kappa shape index (κ3) is 3.82. The summed E-state index contributed by atoms with van der Waals surface area (Å²) in [6.45, 7) is 1.87. The molecule has 2 fully saturated rings. The van der Waals surface area contributed by atoms with Gasteiger partial charge in [0.05, 0.1) is 6.20 Å². The Labute approximate surface area is 158 Å². The van der Waals surface area contributed by atoms with E-state index in [1.807, 2.05) is 17.9 Å². The van der Waals surface area contributed by atoms with Crippen LogP contribution in [-0.2, 0) is 13.5 Å². The maximum Gasteiger partial charge on any atom is 0.193 e. The molecular weight excluding hydrogens is 348 g/mol. The lowest BCUT2D eigenvalue weighted by molar-refractivity contribution is 0.458. The molecule has 1 saturated heterocycles. The van der Waals surface area contributed by atoms with E-state index in [1.165, 1.54) is 23.8 Å². The third-order valence-electron chi connectivity index (χ3n) is 5.56. The predicted molar refractivity (Wildman–Crippen MR) is 101 cm³/mol. The minimum absolute atomic E-state index is 0.0347. The molecule has 1 aliphatic carbocycles. The van der Waals surface area contributed by atoms with Crippen molar-refractivity contribution in [2.75, 3.05) is 20.1 Å². The number of halogens is 2. The van der Waals surface area contributed by atoms with Crippen LogP contribution in [0.3, 0.4) is 0 Å². The van der Waals surface area contributed by atoms with E-state index in [0.29, 0.717) is 5.92 Å². The number of rotatable bonds is 4. The van der Waals surface area contributed by atoms with Gasteiger partial charge in [-0.2, -0.15) is 5.10 Å². The molecule has 4 rings (SSSR count). The van der Waals surface area contributed by atoms with Crippen LogP contribution < -0.4 is 5.32 Å². The lowest BCUT2D eigenvalue weighted by Gasteiger charge is -2.22. The molecule has 1 aliphatic heterocycles. The van der Waals surface area contributed by atoms with Crippen molar-refractivity contribution in [1.29, 1.82) is 0 Å². The van der Waals surface area contributed by atoms with Crippen LogP contribution in [0.4, 0.5) is 8.78 Å². The minimum atomic E-state index is -0.461. The molecule has 2 aromatic rings. The Morgan fingerprint density at radius 2 is 2.11 bits per heavy atom. The SMILES string of the molecule is CN=C(NC1CC1c1c(F)cccc1F)N1CCC(Cc2cnn(C)c2)C1. The molecule has 2 heterocycles. The molecule has 0 radical (unpaired) electrons. The van der Waals surface area contributed by atoms with Crippen molar-refractivity contribution in [3.63, 3.8) is 0 Å².